The molecule has 2 aromatic rings. The van der Waals surface area contributed by atoms with E-state index in [0.717, 1.165) is 24.4 Å². The number of ether oxygens (including phenoxy) is 1. The summed E-state index contributed by atoms with van der Waals surface area (Å²) in [6, 6.07) is 9.74. The lowest BCUT2D eigenvalue weighted by atomic mass is 10.0. The van der Waals surface area contributed by atoms with Crippen LogP contribution in [0.4, 0.5) is 4.79 Å². The number of hydrogen-bond acceptors (Lipinski definition) is 3. The van der Waals surface area contributed by atoms with Gasteiger partial charge in [0.15, 0.2) is 0 Å². The van der Waals surface area contributed by atoms with E-state index in [0.29, 0.717) is 6.61 Å². The first-order chi connectivity index (χ1) is 9.75. The van der Waals surface area contributed by atoms with E-state index >= 15 is 0 Å². The Hall–Kier alpha value is -2.30. The summed E-state index contributed by atoms with van der Waals surface area (Å²) in [5, 5.41) is 0. The van der Waals surface area contributed by atoms with Gasteiger partial charge in [-0.1, -0.05) is 30.3 Å². The number of hydrogen-bond donors (Lipinski definition) is 0. The second-order valence-electron chi connectivity index (χ2n) is 4.93. The summed E-state index contributed by atoms with van der Waals surface area (Å²) in [6.07, 6.45) is 4.31. The van der Waals surface area contributed by atoms with Crippen LogP contribution < -0.4 is 0 Å². The number of rotatable bonds is 3. The molecule has 1 atom stereocenters. The average Bonchev–Trinajstić information content (AvgIpc) is 2.83. The molecule has 104 valence electrons. The summed E-state index contributed by atoms with van der Waals surface area (Å²) in [7, 11) is 1.94. The van der Waals surface area contributed by atoms with Crippen molar-refractivity contribution in [3.05, 3.63) is 54.1 Å². The van der Waals surface area contributed by atoms with E-state index in [1.807, 2.05) is 48.1 Å². The Kier molecular flexibility index (Phi) is 3.41. The van der Waals surface area contributed by atoms with Crippen molar-refractivity contribution in [3.63, 3.8) is 0 Å². The monoisotopic (exact) mass is 271 g/mol. The van der Waals surface area contributed by atoms with E-state index < -0.39 is 0 Å². The Morgan fingerprint density at radius 1 is 1.40 bits per heavy atom. The average molecular weight is 271 g/mol. The summed E-state index contributed by atoms with van der Waals surface area (Å²) < 4.78 is 7.30. The van der Waals surface area contributed by atoms with Gasteiger partial charge >= 0.3 is 6.09 Å². The molecule has 0 aliphatic carbocycles. The van der Waals surface area contributed by atoms with Crippen molar-refractivity contribution in [1.82, 2.24) is 14.5 Å². The smallest absolute Gasteiger partial charge is 0.410 e. The Morgan fingerprint density at radius 3 is 2.80 bits per heavy atom. The van der Waals surface area contributed by atoms with Crippen LogP contribution in [0.1, 0.15) is 23.9 Å². The number of nitrogens with zero attached hydrogens (tertiary/aromatic N) is 3. The lowest BCUT2D eigenvalue weighted by Gasteiger charge is -2.39. The van der Waals surface area contributed by atoms with Gasteiger partial charge in [0.25, 0.3) is 0 Å². The van der Waals surface area contributed by atoms with Crippen LogP contribution in [0.15, 0.2) is 42.7 Å². The molecule has 5 nitrogen and oxygen atoms in total. The van der Waals surface area contributed by atoms with Crippen molar-refractivity contribution in [3.8, 4) is 0 Å². The van der Waals surface area contributed by atoms with Crippen molar-refractivity contribution in [2.24, 2.45) is 7.05 Å². The minimum atomic E-state index is -0.270. The zero-order valence-electron chi connectivity index (χ0n) is 11.4. The summed E-state index contributed by atoms with van der Waals surface area (Å²) >= 11 is 0. The summed E-state index contributed by atoms with van der Waals surface area (Å²) in [6.45, 7) is 1.04. The SMILES string of the molecule is Cn1ccnc1C1CCN1C(=O)OCc1ccccc1. The predicted octanol–water partition coefficient (Wildman–Crippen LogP) is 2.50. The summed E-state index contributed by atoms with van der Waals surface area (Å²) in [5.74, 6) is 0.910. The third kappa shape index (κ3) is 2.39. The normalized spacial score (nSPS) is 17.6. The van der Waals surface area contributed by atoms with E-state index in [1.165, 1.54) is 0 Å². The lowest BCUT2D eigenvalue weighted by Crippen LogP contribution is -2.46. The number of likely N-dealkylation sites (tertiary alicyclic amines) is 1. The second-order valence-corrected chi connectivity index (χ2v) is 4.93. The standard InChI is InChI=1S/C15H17N3O2/c1-17-10-8-16-14(17)13-7-9-18(13)15(19)20-11-12-5-3-2-4-6-12/h2-6,8,10,13H,7,9,11H2,1H3. The van der Waals surface area contributed by atoms with Gasteiger partial charge < -0.3 is 9.30 Å². The van der Waals surface area contributed by atoms with E-state index in [1.54, 1.807) is 11.1 Å². The molecule has 1 amide bonds. The minimum Gasteiger partial charge on any atom is -0.445 e. The molecule has 2 heterocycles. The number of carbonyl (C=O) groups excluding carboxylic acids is 1. The molecule has 0 N–H and O–H groups in total. The van der Waals surface area contributed by atoms with Crippen molar-refractivity contribution in [2.75, 3.05) is 6.54 Å². The van der Waals surface area contributed by atoms with Crippen LogP contribution in [-0.4, -0.2) is 27.1 Å². The molecule has 0 radical (unpaired) electrons. The first-order valence-corrected chi connectivity index (χ1v) is 6.70. The largest absolute Gasteiger partial charge is 0.445 e. The summed E-state index contributed by atoms with van der Waals surface area (Å²) in [4.78, 5) is 18.1. The van der Waals surface area contributed by atoms with Crippen molar-refractivity contribution in [1.29, 1.82) is 0 Å². The molecule has 0 spiro atoms. The predicted molar refractivity (Wildman–Crippen MR) is 73.9 cm³/mol. The van der Waals surface area contributed by atoms with Gasteiger partial charge in [-0.05, 0) is 12.0 Å². The van der Waals surface area contributed by atoms with Crippen LogP contribution in [0.2, 0.25) is 0 Å². The first-order valence-electron chi connectivity index (χ1n) is 6.70. The van der Waals surface area contributed by atoms with Crippen molar-refractivity contribution >= 4 is 6.09 Å². The van der Waals surface area contributed by atoms with Crippen molar-refractivity contribution < 1.29 is 9.53 Å². The molecule has 5 heteroatoms. The van der Waals surface area contributed by atoms with E-state index in [9.17, 15) is 4.79 Å². The maximum absolute atomic E-state index is 12.1. The van der Waals surface area contributed by atoms with Gasteiger partial charge in [-0.3, -0.25) is 4.90 Å². The number of aromatic nitrogens is 2. The highest BCUT2D eigenvalue weighted by Gasteiger charge is 2.36. The molecule has 1 aromatic carbocycles. The Bertz CT molecular complexity index is 594. The number of carbonyl (C=O) groups is 1. The van der Waals surface area contributed by atoms with Crippen LogP contribution >= 0.6 is 0 Å². The fraction of sp³-hybridized carbons (Fsp3) is 0.333. The van der Waals surface area contributed by atoms with Crippen LogP contribution in [0.3, 0.4) is 0 Å². The maximum Gasteiger partial charge on any atom is 0.410 e. The molecule has 3 rings (SSSR count). The highest BCUT2D eigenvalue weighted by molar-refractivity contribution is 5.69. The van der Waals surface area contributed by atoms with Gasteiger partial charge in [-0.15, -0.1) is 0 Å². The number of benzene rings is 1. The molecule has 0 bridgehead atoms. The molecule has 1 aromatic heterocycles. The van der Waals surface area contributed by atoms with Crippen LogP contribution in [0.25, 0.3) is 0 Å². The van der Waals surface area contributed by atoms with Crippen LogP contribution in [0.5, 0.6) is 0 Å². The molecular formula is C15H17N3O2. The van der Waals surface area contributed by atoms with Gasteiger partial charge in [-0.25, -0.2) is 9.78 Å². The van der Waals surface area contributed by atoms with E-state index in [4.69, 9.17) is 4.74 Å². The molecule has 1 saturated heterocycles. The van der Waals surface area contributed by atoms with Crippen LogP contribution in [-0.2, 0) is 18.4 Å². The zero-order valence-corrected chi connectivity index (χ0v) is 11.4. The molecule has 1 fully saturated rings. The number of amides is 1. The maximum atomic E-state index is 12.1. The topological polar surface area (TPSA) is 47.4 Å². The van der Waals surface area contributed by atoms with Gasteiger partial charge in [0.05, 0.1) is 6.04 Å². The van der Waals surface area contributed by atoms with E-state index in [2.05, 4.69) is 4.98 Å². The second kappa shape index (κ2) is 5.36. The molecular weight excluding hydrogens is 254 g/mol. The van der Waals surface area contributed by atoms with Gasteiger partial charge in [0.2, 0.25) is 0 Å². The third-order valence-corrected chi connectivity index (χ3v) is 3.62. The van der Waals surface area contributed by atoms with Gasteiger partial charge in [0.1, 0.15) is 12.4 Å². The molecule has 1 aliphatic rings. The van der Waals surface area contributed by atoms with Crippen LogP contribution in [0, 0.1) is 0 Å². The van der Waals surface area contributed by atoms with Crippen molar-refractivity contribution in [2.45, 2.75) is 19.1 Å². The van der Waals surface area contributed by atoms with Gasteiger partial charge in [-0.2, -0.15) is 0 Å². The van der Waals surface area contributed by atoms with E-state index in [-0.39, 0.29) is 12.1 Å². The molecule has 1 unspecified atom stereocenters. The highest BCUT2D eigenvalue weighted by Crippen LogP contribution is 2.32. The van der Waals surface area contributed by atoms with Gasteiger partial charge in [0, 0.05) is 26.0 Å². The summed E-state index contributed by atoms with van der Waals surface area (Å²) in [5.41, 5.74) is 0.995. The fourth-order valence-electron chi connectivity index (χ4n) is 2.37. The first kappa shape index (κ1) is 12.7. The Balaban J connectivity index is 1.59. The molecule has 20 heavy (non-hydrogen) atoms. The minimum absolute atomic E-state index is 0.0401. The lowest BCUT2D eigenvalue weighted by molar-refractivity contribution is 0.0395. The number of aryl methyl sites for hydroxylation is 1. The Morgan fingerprint density at radius 2 is 2.20 bits per heavy atom. The highest BCUT2D eigenvalue weighted by atomic mass is 16.6. The quantitative estimate of drug-likeness (QED) is 0.861. The third-order valence-electron chi connectivity index (χ3n) is 3.62. The number of imidazole rings is 1. The fourth-order valence-corrected chi connectivity index (χ4v) is 2.37. The molecule has 1 aliphatic heterocycles. The zero-order chi connectivity index (χ0) is 13.9. The molecule has 0 saturated carbocycles. The Labute approximate surface area is 117 Å².